The molecule has 0 heterocycles. The molecule has 0 aromatic heterocycles. The second-order valence-electron chi connectivity index (χ2n) is 5.02. The van der Waals surface area contributed by atoms with Gasteiger partial charge in [-0.25, -0.2) is 0 Å². The summed E-state index contributed by atoms with van der Waals surface area (Å²) in [6, 6.07) is 15.4. The van der Waals surface area contributed by atoms with Crippen LogP contribution in [0.2, 0.25) is 0 Å². The van der Waals surface area contributed by atoms with Gasteiger partial charge in [0.2, 0.25) is 0 Å². The van der Waals surface area contributed by atoms with Crippen LogP contribution in [0.15, 0.2) is 36.4 Å². The van der Waals surface area contributed by atoms with E-state index in [1.54, 1.807) is 0 Å². The molecule has 2 nitrogen and oxygen atoms in total. The maximum Gasteiger partial charge on any atom is 0.0675 e. The van der Waals surface area contributed by atoms with Gasteiger partial charge < -0.3 is 5.32 Å². The first-order valence-corrected chi connectivity index (χ1v) is 6.76. The molecule has 0 amide bonds. The lowest BCUT2D eigenvalue weighted by atomic mass is 9.90. The molecule has 2 rings (SSSR count). The molecular formula is C17H20N2. The Morgan fingerprint density at radius 3 is 2.47 bits per heavy atom. The Labute approximate surface area is 115 Å². The van der Waals surface area contributed by atoms with Crippen LogP contribution >= 0.6 is 0 Å². The van der Waals surface area contributed by atoms with Gasteiger partial charge in [-0.1, -0.05) is 42.8 Å². The van der Waals surface area contributed by atoms with Gasteiger partial charge in [0.15, 0.2) is 0 Å². The molecule has 0 saturated heterocycles. The molecule has 2 heteroatoms. The maximum absolute atomic E-state index is 9.25. The van der Waals surface area contributed by atoms with Gasteiger partial charge in [0.1, 0.15) is 0 Å². The second-order valence-corrected chi connectivity index (χ2v) is 5.02. The molecule has 0 saturated carbocycles. The van der Waals surface area contributed by atoms with E-state index in [-0.39, 0.29) is 12.0 Å². The Morgan fingerprint density at radius 2 is 1.84 bits per heavy atom. The summed E-state index contributed by atoms with van der Waals surface area (Å²) in [6.45, 7) is 4.16. The van der Waals surface area contributed by atoms with Crippen molar-refractivity contribution in [1.29, 1.82) is 5.26 Å². The van der Waals surface area contributed by atoms with Crippen molar-refractivity contribution in [1.82, 2.24) is 5.32 Å². The van der Waals surface area contributed by atoms with Crippen LogP contribution in [-0.2, 0) is 0 Å². The molecule has 0 bridgehead atoms. The van der Waals surface area contributed by atoms with Gasteiger partial charge in [-0.2, -0.15) is 5.26 Å². The van der Waals surface area contributed by atoms with Crippen LogP contribution in [0, 0.1) is 24.2 Å². The number of hydrogen-bond donors (Lipinski definition) is 1. The van der Waals surface area contributed by atoms with Crippen molar-refractivity contribution in [2.75, 3.05) is 7.05 Å². The van der Waals surface area contributed by atoms with E-state index in [1.165, 1.54) is 21.9 Å². The summed E-state index contributed by atoms with van der Waals surface area (Å²) in [5.41, 5.74) is 2.46. The summed E-state index contributed by atoms with van der Waals surface area (Å²) in [5.74, 6) is 0.00731. The molecule has 0 radical (unpaired) electrons. The molecular weight excluding hydrogens is 232 g/mol. The molecule has 1 N–H and O–H groups in total. The van der Waals surface area contributed by atoms with Crippen LogP contribution in [-0.4, -0.2) is 7.05 Å². The lowest BCUT2D eigenvalue weighted by molar-refractivity contribution is 0.449. The van der Waals surface area contributed by atoms with Crippen LogP contribution in [0.3, 0.4) is 0 Å². The molecule has 2 unspecified atom stereocenters. The van der Waals surface area contributed by atoms with E-state index in [0.29, 0.717) is 0 Å². The predicted octanol–water partition coefficient (Wildman–Crippen LogP) is 3.96. The summed E-state index contributed by atoms with van der Waals surface area (Å²) in [4.78, 5) is 0. The third kappa shape index (κ3) is 2.77. The van der Waals surface area contributed by atoms with Gasteiger partial charge in [-0.05, 0) is 42.8 Å². The van der Waals surface area contributed by atoms with Gasteiger partial charge in [0.25, 0.3) is 0 Å². The van der Waals surface area contributed by atoms with Crippen molar-refractivity contribution in [2.24, 2.45) is 5.92 Å². The van der Waals surface area contributed by atoms with Crippen molar-refractivity contribution >= 4 is 10.8 Å². The number of nitrogens with one attached hydrogen (secondary N) is 1. The van der Waals surface area contributed by atoms with Crippen molar-refractivity contribution in [3.8, 4) is 6.07 Å². The Balaban J connectivity index is 2.44. The van der Waals surface area contributed by atoms with Gasteiger partial charge in [-0.15, -0.1) is 0 Å². The summed E-state index contributed by atoms with van der Waals surface area (Å²) < 4.78 is 0. The zero-order chi connectivity index (χ0) is 13.8. The molecule has 0 spiro atoms. The molecule has 2 aromatic carbocycles. The lowest BCUT2D eigenvalue weighted by Crippen LogP contribution is -2.23. The number of aryl methyl sites for hydroxylation is 1. The van der Waals surface area contributed by atoms with E-state index in [4.69, 9.17) is 0 Å². The molecule has 98 valence electrons. The summed E-state index contributed by atoms with van der Waals surface area (Å²) in [6.07, 6.45) is 0.855. The number of nitrogens with zero attached hydrogens (tertiary/aromatic N) is 1. The van der Waals surface area contributed by atoms with E-state index < -0.39 is 0 Å². The average Bonchev–Trinajstić information content (AvgIpc) is 2.44. The zero-order valence-electron chi connectivity index (χ0n) is 11.8. The van der Waals surface area contributed by atoms with Crippen LogP contribution < -0.4 is 5.32 Å². The van der Waals surface area contributed by atoms with Crippen LogP contribution in [0.25, 0.3) is 10.8 Å². The Bertz CT molecular complexity index is 610. The van der Waals surface area contributed by atoms with Gasteiger partial charge in [0.05, 0.1) is 12.0 Å². The quantitative estimate of drug-likeness (QED) is 0.894. The van der Waals surface area contributed by atoms with E-state index >= 15 is 0 Å². The normalized spacial score (nSPS) is 14.0. The number of benzene rings is 2. The maximum atomic E-state index is 9.25. The van der Waals surface area contributed by atoms with Crippen molar-refractivity contribution < 1.29 is 0 Å². The number of hydrogen-bond acceptors (Lipinski definition) is 2. The Kier molecular flexibility index (Phi) is 4.19. The third-order valence-electron chi connectivity index (χ3n) is 3.70. The number of fused-ring (bicyclic) bond motifs is 1. The molecule has 0 aliphatic rings. The van der Waals surface area contributed by atoms with Crippen molar-refractivity contribution in [3.63, 3.8) is 0 Å². The Hall–Kier alpha value is -1.85. The van der Waals surface area contributed by atoms with Gasteiger partial charge in [-0.3, -0.25) is 0 Å². The molecule has 2 atom stereocenters. The molecule has 2 aromatic rings. The minimum Gasteiger partial charge on any atom is -0.312 e. The standard InChI is InChI=1S/C17H20N2/c1-4-13(11-18)17(19-3)16-8-7-14-9-12(2)5-6-15(14)10-16/h5-10,13,17,19H,4H2,1-3H3. The van der Waals surface area contributed by atoms with E-state index in [0.717, 1.165) is 6.42 Å². The predicted molar refractivity (Wildman–Crippen MR) is 79.9 cm³/mol. The fraction of sp³-hybridized carbons (Fsp3) is 0.353. The highest BCUT2D eigenvalue weighted by Gasteiger charge is 2.19. The monoisotopic (exact) mass is 252 g/mol. The van der Waals surface area contributed by atoms with Crippen LogP contribution in [0.1, 0.15) is 30.5 Å². The Morgan fingerprint density at radius 1 is 1.16 bits per heavy atom. The minimum atomic E-state index is 0.00731. The van der Waals surface area contributed by atoms with Crippen LogP contribution in [0.4, 0.5) is 0 Å². The van der Waals surface area contributed by atoms with E-state index in [1.807, 2.05) is 7.05 Å². The molecule has 0 fully saturated rings. The third-order valence-corrected chi connectivity index (χ3v) is 3.70. The first-order chi connectivity index (χ1) is 9.19. The van der Waals surface area contributed by atoms with Crippen molar-refractivity contribution in [3.05, 3.63) is 47.5 Å². The summed E-state index contributed by atoms with van der Waals surface area (Å²) in [7, 11) is 1.92. The molecule has 0 aliphatic heterocycles. The lowest BCUT2D eigenvalue weighted by Gasteiger charge is -2.21. The number of nitriles is 1. The highest BCUT2D eigenvalue weighted by Crippen LogP contribution is 2.27. The fourth-order valence-corrected chi connectivity index (χ4v) is 2.58. The molecule has 0 aliphatic carbocycles. The number of rotatable bonds is 4. The fourth-order valence-electron chi connectivity index (χ4n) is 2.58. The highest BCUT2D eigenvalue weighted by atomic mass is 14.9. The largest absolute Gasteiger partial charge is 0.312 e. The second kappa shape index (κ2) is 5.86. The summed E-state index contributed by atoms with van der Waals surface area (Å²) >= 11 is 0. The van der Waals surface area contributed by atoms with Gasteiger partial charge >= 0.3 is 0 Å². The average molecular weight is 252 g/mol. The van der Waals surface area contributed by atoms with Gasteiger partial charge in [0, 0.05) is 6.04 Å². The topological polar surface area (TPSA) is 35.8 Å². The smallest absolute Gasteiger partial charge is 0.0675 e. The van der Waals surface area contributed by atoms with Crippen LogP contribution in [0.5, 0.6) is 0 Å². The highest BCUT2D eigenvalue weighted by molar-refractivity contribution is 5.83. The summed E-state index contributed by atoms with van der Waals surface area (Å²) in [5, 5.41) is 15.0. The van der Waals surface area contributed by atoms with E-state index in [9.17, 15) is 5.26 Å². The van der Waals surface area contributed by atoms with Crippen molar-refractivity contribution in [2.45, 2.75) is 26.3 Å². The minimum absolute atomic E-state index is 0.00731. The first-order valence-electron chi connectivity index (χ1n) is 6.76. The zero-order valence-corrected chi connectivity index (χ0v) is 11.8. The van der Waals surface area contributed by atoms with E-state index in [2.05, 4.69) is 61.6 Å². The molecule has 19 heavy (non-hydrogen) atoms. The SMILES string of the molecule is CCC(C#N)C(NC)c1ccc2cc(C)ccc2c1. The first kappa shape index (κ1) is 13.6.